The lowest BCUT2D eigenvalue weighted by Crippen LogP contribution is -2.23. The Morgan fingerprint density at radius 3 is 1.86 bits per heavy atom. The molecule has 37 heavy (non-hydrogen) atoms. The van der Waals surface area contributed by atoms with Crippen LogP contribution in [0.1, 0.15) is 55.0 Å². The molecule has 0 spiro atoms. The van der Waals surface area contributed by atoms with Gasteiger partial charge in [0, 0.05) is 11.1 Å². The lowest BCUT2D eigenvalue weighted by atomic mass is 9.74. The lowest BCUT2D eigenvalue weighted by Gasteiger charge is -2.29. The van der Waals surface area contributed by atoms with Gasteiger partial charge in [0.05, 0.1) is 0 Å². The Labute approximate surface area is 247 Å². The van der Waals surface area contributed by atoms with Gasteiger partial charge in [-0.05, 0) is 112 Å². The van der Waals surface area contributed by atoms with Gasteiger partial charge in [-0.25, -0.2) is 0 Å². The second-order valence-corrected chi connectivity index (χ2v) is 13.3. The van der Waals surface area contributed by atoms with Crippen LogP contribution in [0.25, 0.3) is 22.3 Å². The Kier molecular flexibility index (Phi) is 7.21. The minimum absolute atomic E-state index is 0.0393. The quantitative estimate of drug-likeness (QED) is 0.280. The van der Waals surface area contributed by atoms with Crippen LogP contribution in [0.3, 0.4) is 0 Å². The number of anilines is 2. The zero-order valence-corrected chi connectivity index (χ0v) is 25.9. The molecule has 0 aliphatic heterocycles. The topological polar surface area (TPSA) is 15.3 Å². The van der Waals surface area contributed by atoms with Crippen LogP contribution in [0.4, 0.5) is 11.4 Å². The minimum Gasteiger partial charge on any atom is -0.587 e. The Morgan fingerprint density at radius 1 is 0.676 bits per heavy atom. The van der Waals surface area contributed by atoms with Crippen molar-refractivity contribution in [3.05, 3.63) is 107 Å². The van der Waals surface area contributed by atoms with Gasteiger partial charge in [0.25, 0.3) is 33.0 Å². The largest absolute Gasteiger partial charge is 0.587 e. The first-order valence-electron chi connectivity index (χ1n) is 12.8. The van der Waals surface area contributed by atoms with Gasteiger partial charge in [-0.1, -0.05) is 69.3 Å². The molecule has 2 nitrogen and oxygen atoms in total. The molecule has 4 aromatic carbocycles. The minimum atomic E-state index is -0.0393. The maximum absolute atomic E-state index is 3.18. The number of benzene rings is 4. The third-order valence-corrected chi connectivity index (χ3v) is 9.05. The predicted molar refractivity (Wildman–Crippen MR) is 161 cm³/mol. The Morgan fingerprint density at radius 2 is 1.24 bits per heavy atom. The average Bonchev–Trinajstić information content (AvgIpc) is 3.09. The molecule has 1 aliphatic rings. The van der Waals surface area contributed by atoms with Crippen LogP contribution in [0.5, 0.6) is 0 Å². The molecule has 5 heteroatoms. The summed E-state index contributed by atoms with van der Waals surface area (Å²) in [5.41, 5.74) is 14.3. The third kappa shape index (κ3) is 4.84. The number of aryl methyl sites for hydroxylation is 2. The highest BCUT2D eigenvalue weighted by Crippen LogP contribution is 2.53. The Balaban J connectivity index is 1.54. The van der Waals surface area contributed by atoms with Crippen molar-refractivity contribution in [1.29, 1.82) is 0 Å². The lowest BCUT2D eigenvalue weighted by molar-refractivity contribution is 0.425. The maximum atomic E-state index is 3.18. The monoisotopic (exact) mass is 524 g/mol. The van der Waals surface area contributed by atoms with Crippen LogP contribution in [-0.2, 0) is 10.8 Å². The number of fused-ring (bicyclic) bond motifs is 1. The molecule has 0 fully saturated rings. The van der Waals surface area contributed by atoms with Gasteiger partial charge in [0.15, 0.2) is 0 Å². The highest BCUT2D eigenvalue weighted by molar-refractivity contribution is 6.41. The van der Waals surface area contributed by atoms with Gasteiger partial charge in [-0.3, -0.25) is 0 Å². The first-order valence-corrected chi connectivity index (χ1v) is 14.4. The van der Waals surface area contributed by atoms with E-state index in [1.165, 1.54) is 55.8 Å². The Bertz CT molecular complexity index is 1470. The van der Waals surface area contributed by atoms with E-state index in [1.807, 2.05) is 2.87 Å². The summed E-state index contributed by atoms with van der Waals surface area (Å²) in [5.74, 6) is 0. The standard InChI is InChI=1S/C32H31N2.3Al/c1-20-16-23(9-14-29(20)33)22-6-11-26(12-7-22)32(5)19-31(3,4)27-13-8-25(18-28(27)32)24-10-15-30(34)21(2)17-24;;;/h6-18,33H,19H2,1-5H3;;;/q-1;;;+1. The van der Waals surface area contributed by atoms with E-state index < -0.39 is 0 Å². The van der Waals surface area contributed by atoms with Crippen molar-refractivity contribution in [1.82, 2.24) is 0 Å². The van der Waals surface area contributed by atoms with Crippen LogP contribution in [0, 0.1) is 13.8 Å². The van der Waals surface area contributed by atoms with Gasteiger partial charge < -0.3 is 7.17 Å². The second kappa shape index (κ2) is 9.99. The molecule has 0 amide bonds. The molecule has 1 unspecified atom stereocenters. The third-order valence-electron chi connectivity index (χ3n) is 8.18. The van der Waals surface area contributed by atoms with Gasteiger partial charge in [0.2, 0.25) is 0 Å². The van der Waals surface area contributed by atoms with Crippen molar-refractivity contribution in [3.63, 3.8) is 0 Å². The molecular formula is C32H31Al3N2. The summed E-state index contributed by atoms with van der Waals surface area (Å²) in [6.07, 6.45) is 1.10. The Hall–Kier alpha value is -1.92. The summed E-state index contributed by atoms with van der Waals surface area (Å²) in [5, 5.41) is 0. The van der Waals surface area contributed by atoms with Crippen LogP contribution in [0.2, 0.25) is 0 Å². The number of rotatable bonds is 5. The first-order chi connectivity index (χ1) is 17.5. The number of hydrogen-bond donors (Lipinski definition) is 1. The summed E-state index contributed by atoms with van der Waals surface area (Å²) >= 11 is 8.02. The molecule has 5 rings (SSSR count). The summed E-state index contributed by atoms with van der Waals surface area (Å²) in [6, 6.07) is 29.7. The van der Waals surface area contributed by atoms with Crippen molar-refractivity contribution in [2.75, 3.05) is 7.17 Å². The molecule has 178 valence electrons. The van der Waals surface area contributed by atoms with Crippen LogP contribution in [0.15, 0.2) is 78.9 Å². The first kappa shape index (κ1) is 26.7. The van der Waals surface area contributed by atoms with E-state index in [9.17, 15) is 0 Å². The van der Waals surface area contributed by atoms with Gasteiger partial charge in [-0.15, -0.1) is 0 Å². The zero-order chi connectivity index (χ0) is 26.5. The number of hydrogen-bond acceptors (Lipinski definition) is 2. The number of nitrogens with zero attached hydrogens (tertiary/aromatic N) is 1. The summed E-state index contributed by atoms with van der Waals surface area (Å²) in [4.78, 5) is 0. The van der Waals surface area contributed by atoms with Crippen molar-refractivity contribution in [3.8, 4) is 22.3 Å². The molecule has 0 aromatic heterocycles. The van der Waals surface area contributed by atoms with E-state index in [4.69, 9.17) is 0 Å². The molecule has 0 saturated carbocycles. The normalized spacial score (nSPS) is 17.9. The zero-order valence-electron chi connectivity index (χ0n) is 22.4. The van der Waals surface area contributed by atoms with Crippen molar-refractivity contribution in [2.45, 2.75) is 51.9 Å². The molecule has 0 saturated heterocycles. The SMILES string of the molecule is Cc1cc(-c2ccc(C3(C)CC(C)(C)c4ccc(-c5ccc([N]([Al])[Al])c(C)c5)cc43)cc2)ccc1[NH][Al]. The van der Waals surface area contributed by atoms with Gasteiger partial charge in [0.1, 0.15) is 0 Å². The molecule has 0 bridgehead atoms. The van der Waals surface area contributed by atoms with Crippen molar-refractivity contribution >= 4 is 60.9 Å². The van der Waals surface area contributed by atoms with E-state index in [0.717, 1.165) is 12.1 Å². The summed E-state index contributed by atoms with van der Waals surface area (Å²) < 4.78 is 5.20. The van der Waals surface area contributed by atoms with E-state index >= 15 is 0 Å². The molecule has 1 N–H and O–H groups in total. The fraction of sp³-hybridized carbons (Fsp3) is 0.250. The predicted octanol–water partition coefficient (Wildman–Crippen LogP) is 7.09. The molecule has 4 aromatic rings. The fourth-order valence-corrected chi connectivity index (χ4v) is 7.17. The molecule has 1 atom stereocenters. The maximum Gasteiger partial charge on any atom is 0.305 e. The van der Waals surface area contributed by atoms with E-state index in [2.05, 4.69) is 167 Å². The smallest absolute Gasteiger partial charge is 0.305 e. The van der Waals surface area contributed by atoms with E-state index in [1.54, 1.807) is 0 Å². The van der Waals surface area contributed by atoms with E-state index in [-0.39, 0.29) is 10.8 Å². The molecule has 0 heterocycles. The van der Waals surface area contributed by atoms with Crippen LogP contribution in [-0.4, -0.2) is 49.5 Å². The molecule has 1 aliphatic carbocycles. The van der Waals surface area contributed by atoms with Crippen LogP contribution >= 0.6 is 0 Å². The van der Waals surface area contributed by atoms with E-state index in [0.29, 0.717) is 0 Å². The van der Waals surface area contributed by atoms with Crippen molar-refractivity contribution in [2.24, 2.45) is 0 Å². The van der Waals surface area contributed by atoms with Crippen LogP contribution < -0.4 is 7.17 Å². The fourth-order valence-electron chi connectivity index (χ4n) is 6.26. The highest BCUT2D eigenvalue weighted by atomic mass is 27.1. The highest BCUT2D eigenvalue weighted by Gasteiger charge is 2.45. The summed E-state index contributed by atoms with van der Waals surface area (Å²) in [6.45, 7) is 11.5. The molecule has 6 radical (unpaired) electrons. The average molecular weight is 525 g/mol. The van der Waals surface area contributed by atoms with Gasteiger partial charge in [-0.2, -0.15) is 0 Å². The number of nitrogens with one attached hydrogen (secondary N) is 1. The molecular weight excluding hydrogens is 493 g/mol. The van der Waals surface area contributed by atoms with Gasteiger partial charge >= 0.3 is 16.5 Å². The summed E-state index contributed by atoms with van der Waals surface area (Å²) in [7, 11) is 0. The van der Waals surface area contributed by atoms with Crippen molar-refractivity contribution < 1.29 is 0 Å². The second-order valence-electron chi connectivity index (χ2n) is 11.3.